The highest BCUT2D eigenvalue weighted by Gasteiger charge is 2.30. The van der Waals surface area contributed by atoms with Crippen molar-refractivity contribution in [1.29, 1.82) is 0 Å². The first-order valence-electron chi connectivity index (χ1n) is 8.10. The Hall–Kier alpha value is -2.84. The van der Waals surface area contributed by atoms with Gasteiger partial charge in [0.05, 0.1) is 5.56 Å². The summed E-state index contributed by atoms with van der Waals surface area (Å²) in [6.07, 6.45) is -1.29. The molecule has 1 amide bonds. The number of anilines is 3. The van der Waals surface area contributed by atoms with Crippen molar-refractivity contribution in [2.45, 2.75) is 13.1 Å². The highest BCUT2D eigenvalue weighted by Crippen LogP contribution is 2.31. The van der Waals surface area contributed by atoms with Gasteiger partial charge in [0.1, 0.15) is 0 Å². The maximum Gasteiger partial charge on any atom is 0.416 e. The molecular weight excluding hydrogens is 347 g/mol. The number of carbonyl (C=O) groups excluding carboxylic acids is 1. The zero-order valence-electron chi connectivity index (χ0n) is 14.1. The highest BCUT2D eigenvalue weighted by atomic mass is 19.4. The molecule has 0 atom stereocenters. The van der Waals surface area contributed by atoms with Crippen molar-refractivity contribution in [3.8, 4) is 0 Å². The fourth-order valence-corrected chi connectivity index (χ4v) is 2.76. The predicted molar refractivity (Wildman–Crippen MR) is 91.2 cm³/mol. The zero-order chi connectivity index (χ0) is 18.7. The lowest BCUT2D eigenvalue weighted by Gasteiger charge is -2.35. The summed E-state index contributed by atoms with van der Waals surface area (Å²) in [6.45, 7) is 3.94. The molecule has 9 heteroatoms. The van der Waals surface area contributed by atoms with E-state index in [-0.39, 0.29) is 5.91 Å². The van der Waals surface area contributed by atoms with Gasteiger partial charge in [-0.3, -0.25) is 4.79 Å². The number of piperazine rings is 1. The number of benzene rings is 1. The third-order valence-electron chi connectivity index (χ3n) is 4.18. The molecule has 138 valence electrons. The predicted octanol–water partition coefficient (Wildman–Crippen LogP) is 2.91. The van der Waals surface area contributed by atoms with E-state index in [0.29, 0.717) is 43.5 Å². The van der Waals surface area contributed by atoms with E-state index in [4.69, 9.17) is 0 Å². The zero-order valence-corrected chi connectivity index (χ0v) is 14.1. The molecule has 6 nitrogen and oxygen atoms in total. The molecule has 0 radical (unpaired) electrons. The Morgan fingerprint density at radius 3 is 2.23 bits per heavy atom. The molecule has 3 rings (SSSR count). The van der Waals surface area contributed by atoms with E-state index < -0.39 is 11.7 Å². The molecule has 2 heterocycles. The third-order valence-corrected chi connectivity index (χ3v) is 4.18. The van der Waals surface area contributed by atoms with E-state index in [9.17, 15) is 18.0 Å². The van der Waals surface area contributed by atoms with Gasteiger partial charge in [-0.1, -0.05) is 0 Å². The average Bonchev–Trinajstić information content (AvgIpc) is 2.62. The van der Waals surface area contributed by atoms with Crippen LogP contribution in [0.4, 0.5) is 30.5 Å². The summed E-state index contributed by atoms with van der Waals surface area (Å²) in [5.41, 5.74) is -0.218. The fourth-order valence-electron chi connectivity index (χ4n) is 2.76. The summed E-state index contributed by atoms with van der Waals surface area (Å²) < 4.78 is 38.0. The molecule has 1 fully saturated rings. The van der Waals surface area contributed by atoms with Gasteiger partial charge in [0.2, 0.25) is 5.91 Å². The molecule has 1 N–H and O–H groups in total. The number of hydrogen-bond acceptors (Lipinski definition) is 5. The van der Waals surface area contributed by atoms with Crippen molar-refractivity contribution in [3.05, 3.63) is 42.2 Å². The molecular formula is C17H18F3N5O. The molecule has 0 unspecified atom stereocenters. The van der Waals surface area contributed by atoms with Crippen molar-refractivity contribution in [3.63, 3.8) is 0 Å². The summed E-state index contributed by atoms with van der Waals surface area (Å²) in [5.74, 6) is 1.10. The van der Waals surface area contributed by atoms with Gasteiger partial charge in [-0.25, -0.2) is 9.97 Å². The highest BCUT2D eigenvalue weighted by molar-refractivity contribution is 5.74. The van der Waals surface area contributed by atoms with Gasteiger partial charge >= 0.3 is 6.18 Å². The molecule has 2 aromatic rings. The van der Waals surface area contributed by atoms with Crippen LogP contribution in [0.5, 0.6) is 0 Å². The Morgan fingerprint density at radius 1 is 1.04 bits per heavy atom. The second-order valence-electron chi connectivity index (χ2n) is 5.92. The molecule has 0 saturated carbocycles. The first-order chi connectivity index (χ1) is 12.3. The smallest absolute Gasteiger partial charge is 0.350 e. The van der Waals surface area contributed by atoms with Gasteiger partial charge in [-0.2, -0.15) is 13.2 Å². The van der Waals surface area contributed by atoms with E-state index >= 15 is 0 Å². The van der Waals surface area contributed by atoms with Crippen LogP contribution in [0.2, 0.25) is 0 Å². The van der Waals surface area contributed by atoms with Crippen LogP contribution in [0, 0.1) is 0 Å². The largest absolute Gasteiger partial charge is 0.416 e. The van der Waals surface area contributed by atoms with Crippen LogP contribution in [0.3, 0.4) is 0 Å². The quantitative estimate of drug-likeness (QED) is 0.906. The lowest BCUT2D eigenvalue weighted by Crippen LogP contribution is -2.48. The lowest BCUT2D eigenvalue weighted by atomic mass is 10.2. The number of aromatic nitrogens is 2. The lowest BCUT2D eigenvalue weighted by molar-refractivity contribution is -0.137. The Bertz CT molecular complexity index is 771. The van der Waals surface area contributed by atoms with Gasteiger partial charge in [-0.05, 0) is 24.3 Å². The Kier molecular flexibility index (Phi) is 4.97. The van der Waals surface area contributed by atoms with Crippen LogP contribution in [-0.4, -0.2) is 47.0 Å². The van der Waals surface area contributed by atoms with Gasteiger partial charge in [0, 0.05) is 51.2 Å². The number of halogens is 3. The Labute approximate surface area is 148 Å². The van der Waals surface area contributed by atoms with Crippen molar-refractivity contribution in [2.75, 3.05) is 36.4 Å². The number of rotatable bonds is 3. The van der Waals surface area contributed by atoms with Crippen LogP contribution in [0.1, 0.15) is 12.5 Å². The summed E-state index contributed by atoms with van der Waals surface area (Å²) in [6, 6.07) is 4.75. The fraction of sp³-hybridized carbons (Fsp3) is 0.353. The van der Waals surface area contributed by atoms with Crippen LogP contribution < -0.4 is 10.2 Å². The van der Waals surface area contributed by atoms with Crippen LogP contribution in [-0.2, 0) is 11.0 Å². The van der Waals surface area contributed by atoms with E-state index in [1.807, 2.05) is 4.90 Å². The maximum atomic E-state index is 12.7. The number of nitrogens with one attached hydrogen (secondary N) is 1. The van der Waals surface area contributed by atoms with E-state index in [2.05, 4.69) is 15.3 Å². The van der Waals surface area contributed by atoms with E-state index in [1.54, 1.807) is 11.1 Å². The molecule has 1 aliphatic heterocycles. The summed E-state index contributed by atoms with van der Waals surface area (Å²) >= 11 is 0. The van der Waals surface area contributed by atoms with Gasteiger partial charge in [0.15, 0.2) is 11.6 Å². The normalized spacial score (nSPS) is 15.1. The minimum Gasteiger partial charge on any atom is -0.350 e. The monoisotopic (exact) mass is 365 g/mol. The number of hydrogen-bond donors (Lipinski definition) is 1. The molecule has 1 aromatic heterocycles. The number of alkyl halides is 3. The van der Waals surface area contributed by atoms with Crippen LogP contribution in [0.15, 0.2) is 36.7 Å². The van der Waals surface area contributed by atoms with Crippen molar-refractivity contribution >= 4 is 23.2 Å². The second kappa shape index (κ2) is 7.19. The third kappa shape index (κ3) is 4.04. The maximum absolute atomic E-state index is 12.7. The molecule has 0 bridgehead atoms. The molecule has 1 aliphatic rings. The van der Waals surface area contributed by atoms with Gasteiger partial charge in [0.25, 0.3) is 0 Å². The minimum absolute atomic E-state index is 0.0342. The van der Waals surface area contributed by atoms with E-state index in [1.165, 1.54) is 25.3 Å². The second-order valence-corrected chi connectivity index (χ2v) is 5.92. The summed E-state index contributed by atoms with van der Waals surface area (Å²) in [7, 11) is 0. The first kappa shape index (κ1) is 18.0. The average molecular weight is 365 g/mol. The Balaban J connectivity index is 1.75. The molecule has 1 saturated heterocycles. The topological polar surface area (TPSA) is 61.4 Å². The van der Waals surface area contributed by atoms with Crippen LogP contribution >= 0.6 is 0 Å². The van der Waals surface area contributed by atoms with Crippen molar-refractivity contribution < 1.29 is 18.0 Å². The Morgan fingerprint density at radius 2 is 1.65 bits per heavy atom. The SMILES string of the molecule is CC(=O)N1CCN(c2nccnc2Nc2ccc(C(F)(F)F)cc2)CC1. The molecule has 26 heavy (non-hydrogen) atoms. The first-order valence-corrected chi connectivity index (χ1v) is 8.10. The van der Waals surface area contributed by atoms with Gasteiger partial charge < -0.3 is 15.1 Å². The van der Waals surface area contributed by atoms with E-state index in [0.717, 1.165) is 12.1 Å². The molecule has 0 spiro atoms. The standard InChI is InChI=1S/C17H18F3N5O/c1-12(26)24-8-10-25(11-9-24)16-15(21-6-7-22-16)23-14-4-2-13(3-5-14)17(18,19)20/h2-7H,8-11H2,1H3,(H,21,23). The van der Waals surface area contributed by atoms with Gasteiger partial charge in [-0.15, -0.1) is 0 Å². The minimum atomic E-state index is -4.37. The van der Waals surface area contributed by atoms with Crippen molar-refractivity contribution in [2.24, 2.45) is 0 Å². The number of amides is 1. The molecule has 0 aliphatic carbocycles. The van der Waals surface area contributed by atoms with Crippen molar-refractivity contribution in [1.82, 2.24) is 14.9 Å². The van der Waals surface area contributed by atoms with Crippen LogP contribution in [0.25, 0.3) is 0 Å². The molecule has 1 aromatic carbocycles. The number of nitrogens with zero attached hydrogens (tertiary/aromatic N) is 4. The number of carbonyl (C=O) groups is 1. The summed E-state index contributed by atoms with van der Waals surface area (Å²) in [5, 5.41) is 3.02. The summed E-state index contributed by atoms with van der Waals surface area (Å²) in [4.78, 5) is 23.8.